The van der Waals surface area contributed by atoms with Crippen molar-refractivity contribution in [1.29, 1.82) is 0 Å². The molecule has 0 bridgehead atoms. The number of hydrogen-bond donors (Lipinski definition) is 1. The summed E-state index contributed by atoms with van der Waals surface area (Å²) < 4.78 is 0. The number of carbonyl (C=O) groups is 2. The molecule has 0 unspecified atom stereocenters. The Morgan fingerprint density at radius 2 is 1.43 bits per heavy atom. The lowest BCUT2D eigenvalue weighted by Gasteiger charge is -2.35. The van der Waals surface area contributed by atoms with Crippen LogP contribution in [0.5, 0.6) is 0 Å². The first-order valence-corrected chi connectivity index (χ1v) is 8.31. The molecule has 0 aliphatic carbocycles. The molecule has 0 fully saturated rings. The van der Waals surface area contributed by atoms with Crippen molar-refractivity contribution in [2.45, 2.75) is 91.0 Å². The quantitative estimate of drug-likeness (QED) is 0.581. The Morgan fingerprint density at radius 1 is 0.905 bits per heavy atom. The maximum atomic E-state index is 12.3. The highest BCUT2D eigenvalue weighted by atomic mass is 16.4. The minimum atomic E-state index is -0.854. The molecule has 0 aromatic rings. The molecule has 0 aromatic carbocycles. The molecule has 0 rings (SSSR count). The maximum absolute atomic E-state index is 12.3. The van der Waals surface area contributed by atoms with E-state index in [4.69, 9.17) is 5.11 Å². The highest BCUT2D eigenvalue weighted by Crippen LogP contribution is 2.17. The number of amides is 1. The molecule has 0 saturated carbocycles. The van der Waals surface area contributed by atoms with Crippen molar-refractivity contribution in [2.24, 2.45) is 0 Å². The van der Waals surface area contributed by atoms with E-state index in [9.17, 15) is 9.59 Å². The average Bonchev–Trinajstić information content (AvgIpc) is 2.35. The van der Waals surface area contributed by atoms with Gasteiger partial charge >= 0.3 is 5.97 Å². The summed E-state index contributed by atoms with van der Waals surface area (Å²) in [6, 6.07) is 0. The van der Waals surface area contributed by atoms with Gasteiger partial charge in [0, 0.05) is 18.5 Å². The lowest BCUT2D eigenvalue weighted by atomic mass is 10.0. The molecule has 0 heterocycles. The summed E-state index contributed by atoms with van der Waals surface area (Å²) in [4.78, 5) is 24.7. The van der Waals surface area contributed by atoms with Gasteiger partial charge in [0.25, 0.3) is 0 Å². The van der Waals surface area contributed by atoms with E-state index >= 15 is 0 Å². The van der Waals surface area contributed by atoms with Crippen molar-refractivity contribution in [1.82, 2.24) is 4.90 Å². The van der Waals surface area contributed by atoms with Crippen LogP contribution < -0.4 is 0 Å². The Bertz CT molecular complexity index is 308. The van der Waals surface area contributed by atoms with Gasteiger partial charge in [-0.1, -0.05) is 45.4 Å². The minimum Gasteiger partial charge on any atom is -0.481 e. The first kappa shape index (κ1) is 19.9. The third-order valence-corrected chi connectivity index (χ3v) is 3.65. The van der Waals surface area contributed by atoms with Gasteiger partial charge in [0.05, 0.1) is 6.42 Å². The van der Waals surface area contributed by atoms with Crippen LogP contribution in [0, 0.1) is 0 Å². The van der Waals surface area contributed by atoms with E-state index < -0.39 is 5.97 Å². The molecule has 124 valence electrons. The van der Waals surface area contributed by atoms with Crippen LogP contribution in [-0.2, 0) is 9.59 Å². The van der Waals surface area contributed by atoms with Crippen LogP contribution in [0.3, 0.4) is 0 Å². The van der Waals surface area contributed by atoms with E-state index in [1.165, 1.54) is 32.1 Å². The van der Waals surface area contributed by atoms with Crippen molar-refractivity contribution < 1.29 is 14.7 Å². The number of hydrogen-bond acceptors (Lipinski definition) is 2. The summed E-state index contributed by atoms with van der Waals surface area (Å²) in [5.41, 5.74) is -0.312. The van der Waals surface area contributed by atoms with Gasteiger partial charge in [-0.2, -0.15) is 0 Å². The standard InChI is InChI=1S/C17H33NO3/c1-5-6-7-8-9-10-11-12-15(19)18(17(2,3)4)14-13-16(20)21/h5-14H2,1-4H3,(H,20,21). The molecule has 0 radical (unpaired) electrons. The average molecular weight is 299 g/mol. The van der Waals surface area contributed by atoms with Crippen molar-refractivity contribution in [3.8, 4) is 0 Å². The Labute approximate surface area is 129 Å². The zero-order valence-corrected chi connectivity index (χ0v) is 14.3. The molecule has 0 atom stereocenters. The van der Waals surface area contributed by atoms with Crippen LogP contribution in [0.4, 0.5) is 0 Å². The summed E-state index contributed by atoms with van der Waals surface area (Å²) >= 11 is 0. The molecule has 0 aromatic heterocycles. The van der Waals surface area contributed by atoms with E-state index in [1.54, 1.807) is 4.90 Å². The third kappa shape index (κ3) is 10.3. The van der Waals surface area contributed by atoms with E-state index in [1.807, 2.05) is 20.8 Å². The molecular formula is C17H33NO3. The molecule has 4 nitrogen and oxygen atoms in total. The van der Waals surface area contributed by atoms with E-state index in [0.29, 0.717) is 13.0 Å². The van der Waals surface area contributed by atoms with Crippen LogP contribution in [-0.4, -0.2) is 34.0 Å². The number of aliphatic carboxylic acids is 1. The zero-order valence-electron chi connectivity index (χ0n) is 14.3. The van der Waals surface area contributed by atoms with Crippen LogP contribution in [0.15, 0.2) is 0 Å². The minimum absolute atomic E-state index is 0.0139. The summed E-state index contributed by atoms with van der Waals surface area (Å²) in [5.74, 6) is -0.773. The number of unbranched alkanes of at least 4 members (excludes halogenated alkanes) is 6. The Hall–Kier alpha value is -1.06. The van der Waals surface area contributed by atoms with E-state index in [0.717, 1.165) is 12.8 Å². The predicted molar refractivity (Wildman–Crippen MR) is 86.3 cm³/mol. The van der Waals surface area contributed by atoms with Gasteiger partial charge < -0.3 is 10.0 Å². The van der Waals surface area contributed by atoms with Gasteiger partial charge in [-0.05, 0) is 27.2 Å². The van der Waals surface area contributed by atoms with Gasteiger partial charge in [0.15, 0.2) is 0 Å². The topological polar surface area (TPSA) is 57.6 Å². The maximum Gasteiger partial charge on any atom is 0.305 e. The second kappa shape index (κ2) is 10.6. The molecule has 0 aliphatic heterocycles. The van der Waals surface area contributed by atoms with E-state index in [-0.39, 0.29) is 17.9 Å². The monoisotopic (exact) mass is 299 g/mol. The highest BCUT2D eigenvalue weighted by Gasteiger charge is 2.26. The van der Waals surface area contributed by atoms with E-state index in [2.05, 4.69) is 6.92 Å². The molecular weight excluding hydrogens is 266 g/mol. The van der Waals surface area contributed by atoms with Gasteiger partial charge in [0.2, 0.25) is 5.91 Å². The molecule has 0 aliphatic rings. The van der Waals surface area contributed by atoms with Gasteiger partial charge in [-0.15, -0.1) is 0 Å². The Morgan fingerprint density at radius 3 is 1.90 bits per heavy atom. The summed E-state index contributed by atoms with van der Waals surface area (Å²) in [5, 5.41) is 8.79. The smallest absolute Gasteiger partial charge is 0.305 e. The highest BCUT2D eigenvalue weighted by molar-refractivity contribution is 5.77. The van der Waals surface area contributed by atoms with Crippen LogP contribution in [0.25, 0.3) is 0 Å². The lowest BCUT2D eigenvalue weighted by Crippen LogP contribution is -2.46. The normalized spacial score (nSPS) is 11.4. The first-order valence-electron chi connectivity index (χ1n) is 8.31. The molecule has 0 spiro atoms. The van der Waals surface area contributed by atoms with Gasteiger partial charge in [-0.25, -0.2) is 0 Å². The molecule has 0 saturated heterocycles. The van der Waals surface area contributed by atoms with Gasteiger partial charge in [0.1, 0.15) is 0 Å². The van der Waals surface area contributed by atoms with Gasteiger partial charge in [-0.3, -0.25) is 9.59 Å². The number of carboxylic acid groups (broad SMARTS) is 1. The number of rotatable bonds is 11. The molecule has 1 amide bonds. The SMILES string of the molecule is CCCCCCCCCC(=O)N(CCC(=O)O)C(C)(C)C. The number of nitrogens with zero attached hydrogens (tertiary/aromatic N) is 1. The third-order valence-electron chi connectivity index (χ3n) is 3.65. The van der Waals surface area contributed by atoms with Crippen molar-refractivity contribution in [3.05, 3.63) is 0 Å². The number of carboxylic acids is 1. The second-order valence-corrected chi connectivity index (χ2v) is 6.73. The fraction of sp³-hybridized carbons (Fsp3) is 0.882. The predicted octanol–water partition coefficient (Wildman–Crippen LogP) is 4.23. The Kier molecular flexibility index (Phi) is 10.1. The second-order valence-electron chi connectivity index (χ2n) is 6.73. The van der Waals surface area contributed by atoms with Crippen molar-refractivity contribution in [3.63, 3.8) is 0 Å². The summed E-state index contributed by atoms with van der Waals surface area (Å²) in [7, 11) is 0. The summed E-state index contributed by atoms with van der Waals surface area (Å²) in [6.07, 6.45) is 8.83. The first-order chi connectivity index (χ1) is 9.79. The molecule has 4 heteroatoms. The Balaban J connectivity index is 4.03. The van der Waals surface area contributed by atoms with Crippen molar-refractivity contribution in [2.75, 3.05) is 6.54 Å². The summed E-state index contributed by atoms with van der Waals surface area (Å²) in [6.45, 7) is 8.37. The lowest BCUT2D eigenvalue weighted by molar-refractivity contribution is -0.140. The van der Waals surface area contributed by atoms with Crippen LogP contribution in [0.2, 0.25) is 0 Å². The van der Waals surface area contributed by atoms with Crippen molar-refractivity contribution >= 4 is 11.9 Å². The molecule has 1 N–H and O–H groups in total. The largest absolute Gasteiger partial charge is 0.481 e. The van der Waals surface area contributed by atoms with Crippen LogP contribution >= 0.6 is 0 Å². The number of carbonyl (C=O) groups excluding carboxylic acids is 1. The van der Waals surface area contributed by atoms with Crippen LogP contribution in [0.1, 0.15) is 85.5 Å². The fourth-order valence-electron chi connectivity index (χ4n) is 2.41. The molecule has 21 heavy (non-hydrogen) atoms. The fourth-order valence-corrected chi connectivity index (χ4v) is 2.41. The zero-order chi connectivity index (χ0) is 16.3.